The second-order valence-corrected chi connectivity index (χ2v) is 8.54. The maximum Gasteiger partial charge on any atom is 0.243 e. The van der Waals surface area contributed by atoms with Crippen molar-refractivity contribution in [2.75, 3.05) is 19.6 Å². The summed E-state index contributed by atoms with van der Waals surface area (Å²) in [6.45, 7) is 2.17. The number of nitriles is 1. The highest BCUT2D eigenvalue weighted by Gasteiger charge is 2.33. The second kappa shape index (κ2) is 8.03. The number of benzene rings is 1. The fourth-order valence-corrected chi connectivity index (χ4v) is 5.31. The maximum atomic E-state index is 12.7. The van der Waals surface area contributed by atoms with Crippen LogP contribution in [0.5, 0.6) is 0 Å². The standard InChI is InChI=1S/C16H20ClN3O2S.ClH/c17-15-10-14(4-3-13(15)11-18)23(21,22)20-8-5-12(6-9-20)16-2-1-7-19-16;/h3-4,10,12,16,19H,1-2,5-9H2;1H. The number of hydrogen-bond donors (Lipinski definition) is 1. The molecule has 2 aliphatic heterocycles. The Hall–Kier alpha value is -0.840. The molecule has 1 aromatic carbocycles. The molecule has 24 heavy (non-hydrogen) atoms. The number of halogens is 2. The smallest absolute Gasteiger partial charge is 0.243 e. The van der Waals surface area contributed by atoms with Gasteiger partial charge in [0, 0.05) is 19.1 Å². The van der Waals surface area contributed by atoms with Gasteiger partial charge >= 0.3 is 0 Å². The van der Waals surface area contributed by atoms with Crippen molar-refractivity contribution in [1.82, 2.24) is 9.62 Å². The Bertz CT molecular complexity index is 719. The Labute approximate surface area is 154 Å². The second-order valence-electron chi connectivity index (χ2n) is 6.20. The minimum absolute atomic E-state index is 0. The zero-order valence-corrected chi connectivity index (χ0v) is 15.6. The number of nitrogens with zero attached hydrogens (tertiary/aromatic N) is 2. The molecule has 0 bridgehead atoms. The van der Waals surface area contributed by atoms with E-state index in [4.69, 9.17) is 16.9 Å². The Balaban J connectivity index is 0.00000208. The van der Waals surface area contributed by atoms with Gasteiger partial charge in [0.25, 0.3) is 0 Å². The van der Waals surface area contributed by atoms with Gasteiger partial charge in [0.15, 0.2) is 0 Å². The van der Waals surface area contributed by atoms with Crippen LogP contribution in [0.3, 0.4) is 0 Å². The molecule has 2 saturated heterocycles. The molecule has 3 rings (SSSR count). The van der Waals surface area contributed by atoms with E-state index in [0.29, 0.717) is 25.0 Å². The van der Waals surface area contributed by atoms with Crippen LogP contribution in [0.1, 0.15) is 31.2 Å². The molecule has 0 radical (unpaired) electrons. The van der Waals surface area contributed by atoms with Gasteiger partial charge in [-0.15, -0.1) is 12.4 Å². The van der Waals surface area contributed by atoms with Gasteiger partial charge in [0.05, 0.1) is 15.5 Å². The van der Waals surface area contributed by atoms with Gasteiger partial charge in [-0.05, 0) is 56.3 Å². The first kappa shape index (κ1) is 19.5. The number of rotatable bonds is 3. The number of sulfonamides is 1. The maximum absolute atomic E-state index is 12.7. The molecule has 5 nitrogen and oxygen atoms in total. The molecule has 0 saturated carbocycles. The predicted molar refractivity (Wildman–Crippen MR) is 95.9 cm³/mol. The molecule has 1 aromatic rings. The molecule has 132 valence electrons. The molecule has 2 aliphatic rings. The van der Waals surface area contributed by atoms with Gasteiger partial charge in [-0.25, -0.2) is 8.42 Å². The third kappa shape index (κ3) is 3.87. The van der Waals surface area contributed by atoms with Crippen molar-refractivity contribution >= 4 is 34.0 Å². The summed E-state index contributed by atoms with van der Waals surface area (Å²) >= 11 is 5.97. The lowest BCUT2D eigenvalue weighted by atomic mass is 9.89. The number of piperidine rings is 1. The molecular weight excluding hydrogens is 369 g/mol. The minimum Gasteiger partial charge on any atom is -0.314 e. The summed E-state index contributed by atoms with van der Waals surface area (Å²) in [4.78, 5) is 0.166. The molecule has 1 N–H and O–H groups in total. The summed E-state index contributed by atoms with van der Waals surface area (Å²) < 4.78 is 27.0. The van der Waals surface area contributed by atoms with Crippen LogP contribution in [0.25, 0.3) is 0 Å². The van der Waals surface area contributed by atoms with E-state index in [-0.39, 0.29) is 27.9 Å². The molecule has 0 aromatic heterocycles. The van der Waals surface area contributed by atoms with Crippen LogP contribution >= 0.6 is 24.0 Å². The van der Waals surface area contributed by atoms with Crippen LogP contribution in [-0.4, -0.2) is 38.4 Å². The molecule has 2 fully saturated rings. The van der Waals surface area contributed by atoms with Crippen molar-refractivity contribution in [3.05, 3.63) is 28.8 Å². The lowest BCUT2D eigenvalue weighted by Crippen LogP contribution is -2.43. The Morgan fingerprint density at radius 1 is 1.25 bits per heavy atom. The van der Waals surface area contributed by atoms with E-state index in [1.165, 1.54) is 35.3 Å². The molecule has 0 amide bonds. The van der Waals surface area contributed by atoms with Crippen molar-refractivity contribution in [3.63, 3.8) is 0 Å². The molecule has 0 aliphatic carbocycles. The average molecular weight is 390 g/mol. The quantitative estimate of drug-likeness (QED) is 0.862. The summed E-state index contributed by atoms with van der Waals surface area (Å²) in [6.07, 6.45) is 4.19. The van der Waals surface area contributed by atoms with E-state index in [2.05, 4.69) is 5.32 Å². The molecule has 8 heteroatoms. The first-order chi connectivity index (χ1) is 11.0. The topological polar surface area (TPSA) is 73.2 Å². The van der Waals surface area contributed by atoms with Crippen LogP contribution in [0.2, 0.25) is 5.02 Å². The van der Waals surface area contributed by atoms with Crippen molar-refractivity contribution in [1.29, 1.82) is 5.26 Å². The van der Waals surface area contributed by atoms with E-state index >= 15 is 0 Å². The normalized spacial score (nSPS) is 22.8. The summed E-state index contributed by atoms with van der Waals surface area (Å²) in [5.74, 6) is 0.563. The van der Waals surface area contributed by atoms with Gasteiger partial charge in [0.2, 0.25) is 10.0 Å². The highest BCUT2D eigenvalue weighted by Crippen LogP contribution is 2.29. The fraction of sp³-hybridized carbons (Fsp3) is 0.562. The van der Waals surface area contributed by atoms with Crippen molar-refractivity contribution < 1.29 is 8.42 Å². The Morgan fingerprint density at radius 3 is 2.50 bits per heavy atom. The van der Waals surface area contributed by atoms with E-state index < -0.39 is 10.0 Å². The van der Waals surface area contributed by atoms with Gasteiger partial charge in [-0.2, -0.15) is 9.57 Å². The van der Waals surface area contributed by atoms with Crippen molar-refractivity contribution in [2.45, 2.75) is 36.6 Å². The molecule has 1 atom stereocenters. The predicted octanol–water partition coefficient (Wildman–Crippen LogP) is 2.79. The Kier molecular flexibility index (Phi) is 6.52. The van der Waals surface area contributed by atoms with E-state index in [9.17, 15) is 8.42 Å². The van der Waals surface area contributed by atoms with Gasteiger partial charge in [-0.3, -0.25) is 0 Å². The van der Waals surface area contributed by atoms with E-state index in [0.717, 1.165) is 19.4 Å². The largest absolute Gasteiger partial charge is 0.314 e. The third-order valence-corrected chi connectivity index (χ3v) is 7.07. The van der Waals surface area contributed by atoms with Crippen molar-refractivity contribution in [3.8, 4) is 6.07 Å². The first-order valence-corrected chi connectivity index (χ1v) is 9.77. The van der Waals surface area contributed by atoms with Crippen LogP contribution < -0.4 is 5.32 Å². The van der Waals surface area contributed by atoms with Gasteiger partial charge < -0.3 is 5.32 Å². The van der Waals surface area contributed by atoms with Crippen molar-refractivity contribution in [2.24, 2.45) is 5.92 Å². The number of hydrogen-bond acceptors (Lipinski definition) is 4. The van der Waals surface area contributed by atoms with Gasteiger partial charge in [0.1, 0.15) is 6.07 Å². The first-order valence-electron chi connectivity index (χ1n) is 7.95. The third-order valence-electron chi connectivity index (χ3n) is 4.86. The lowest BCUT2D eigenvalue weighted by molar-refractivity contribution is 0.234. The minimum atomic E-state index is -3.54. The summed E-state index contributed by atoms with van der Waals surface area (Å²) in [6, 6.07) is 6.79. The molecule has 1 unspecified atom stereocenters. The van der Waals surface area contributed by atoms with Crippen LogP contribution in [0.4, 0.5) is 0 Å². The summed E-state index contributed by atoms with van der Waals surface area (Å²) in [5.41, 5.74) is 0.289. The fourth-order valence-electron chi connectivity index (χ4n) is 3.53. The van der Waals surface area contributed by atoms with Crippen LogP contribution in [0.15, 0.2) is 23.1 Å². The molecule has 0 spiro atoms. The zero-order valence-electron chi connectivity index (χ0n) is 13.2. The highest BCUT2D eigenvalue weighted by atomic mass is 35.5. The van der Waals surface area contributed by atoms with E-state index in [1.807, 2.05) is 6.07 Å². The zero-order chi connectivity index (χ0) is 16.4. The average Bonchev–Trinajstić information content (AvgIpc) is 3.09. The SMILES string of the molecule is Cl.N#Cc1ccc(S(=O)(=O)N2CCC(C3CCCN3)CC2)cc1Cl. The van der Waals surface area contributed by atoms with Gasteiger partial charge in [-0.1, -0.05) is 11.6 Å². The lowest BCUT2D eigenvalue weighted by Gasteiger charge is -2.34. The summed E-state index contributed by atoms with van der Waals surface area (Å²) in [5, 5.41) is 12.6. The van der Waals surface area contributed by atoms with Crippen LogP contribution in [-0.2, 0) is 10.0 Å². The van der Waals surface area contributed by atoms with E-state index in [1.54, 1.807) is 0 Å². The van der Waals surface area contributed by atoms with Crippen LogP contribution in [0, 0.1) is 17.2 Å². The highest BCUT2D eigenvalue weighted by molar-refractivity contribution is 7.89. The molecule has 2 heterocycles. The summed E-state index contributed by atoms with van der Waals surface area (Å²) in [7, 11) is -3.54. The monoisotopic (exact) mass is 389 g/mol. The Morgan fingerprint density at radius 2 is 1.96 bits per heavy atom. The molecular formula is C16H21Cl2N3O2S. The number of nitrogens with one attached hydrogen (secondary N) is 1.